The highest BCUT2D eigenvalue weighted by molar-refractivity contribution is 5.77. The Hall–Kier alpha value is -1.92. The van der Waals surface area contributed by atoms with Crippen LogP contribution in [0.4, 0.5) is 0 Å². The van der Waals surface area contributed by atoms with Gasteiger partial charge in [0.25, 0.3) is 0 Å². The largest absolute Gasteiger partial charge is 0.462 e. The molecule has 0 aliphatic carbocycles. The summed E-state index contributed by atoms with van der Waals surface area (Å²) in [6.07, 6.45) is 53.6. The summed E-state index contributed by atoms with van der Waals surface area (Å²) in [5.74, 6) is -0.566. The van der Waals surface area contributed by atoms with Gasteiger partial charge in [-0.05, 0) is 70.6 Å². The molecule has 0 spiro atoms. The molecule has 3 unspecified atom stereocenters. The maximum Gasteiger partial charge on any atom is 0.306 e. The third kappa shape index (κ3) is 40.8. The van der Waals surface area contributed by atoms with Crippen LogP contribution in [0.15, 0.2) is 36.5 Å². The van der Waals surface area contributed by atoms with E-state index in [1.54, 1.807) is 0 Å². The maximum absolute atomic E-state index is 13.1. The highest BCUT2D eigenvalue weighted by Gasteiger charge is 2.24. The van der Waals surface area contributed by atoms with Crippen molar-refractivity contribution in [3.05, 3.63) is 36.5 Å². The van der Waals surface area contributed by atoms with Crippen molar-refractivity contribution in [1.29, 1.82) is 0 Å². The second kappa shape index (κ2) is 46.2. The van der Waals surface area contributed by atoms with Crippen LogP contribution in [0.3, 0.4) is 0 Å². The summed E-state index contributed by atoms with van der Waals surface area (Å²) in [7, 11) is 0. The van der Waals surface area contributed by atoms with Gasteiger partial charge in [-0.3, -0.25) is 9.59 Å². The van der Waals surface area contributed by atoms with E-state index in [1.807, 2.05) is 6.08 Å². The fourth-order valence-corrected chi connectivity index (χ4v) is 7.60. The van der Waals surface area contributed by atoms with Gasteiger partial charge < -0.3 is 20.3 Å². The number of aliphatic hydroxyl groups excluding tert-OH is 2. The lowest BCUT2D eigenvalue weighted by atomic mass is 10.0. The topological polar surface area (TPSA) is 95.9 Å². The number of carbonyl (C=O) groups excluding carboxylic acids is 2. The van der Waals surface area contributed by atoms with Gasteiger partial charge in [-0.25, -0.2) is 0 Å². The lowest BCUT2D eigenvalue weighted by Crippen LogP contribution is -2.46. The molecule has 3 atom stereocenters. The number of hydrogen-bond donors (Lipinski definition) is 3. The quantitative estimate of drug-likeness (QED) is 0.0323. The zero-order valence-corrected chi connectivity index (χ0v) is 38.7. The van der Waals surface area contributed by atoms with Crippen molar-refractivity contribution in [3.63, 3.8) is 0 Å². The van der Waals surface area contributed by atoms with E-state index in [2.05, 4.69) is 56.5 Å². The number of amides is 1. The van der Waals surface area contributed by atoms with Gasteiger partial charge >= 0.3 is 5.97 Å². The Morgan fingerprint density at radius 2 is 0.879 bits per heavy atom. The van der Waals surface area contributed by atoms with Crippen molar-refractivity contribution in [2.24, 2.45) is 0 Å². The number of nitrogens with one attached hydrogen (secondary N) is 1. The third-order valence-corrected chi connectivity index (χ3v) is 11.5. The summed E-state index contributed by atoms with van der Waals surface area (Å²) in [6.45, 7) is 6.43. The number of allylic oxidation sites excluding steroid dienone is 6. The van der Waals surface area contributed by atoms with E-state index >= 15 is 0 Å². The minimum atomic E-state index is -0.797. The molecule has 0 aromatic rings. The molecule has 0 aliphatic heterocycles. The van der Waals surface area contributed by atoms with Crippen molar-refractivity contribution in [2.45, 2.75) is 277 Å². The second-order valence-electron chi connectivity index (χ2n) is 17.2. The minimum absolute atomic E-state index is 0.0462. The van der Waals surface area contributed by atoms with Crippen LogP contribution >= 0.6 is 0 Å². The smallest absolute Gasteiger partial charge is 0.306 e. The van der Waals surface area contributed by atoms with E-state index in [-0.39, 0.29) is 31.3 Å². The minimum Gasteiger partial charge on any atom is -0.462 e. The number of hydrogen-bond acceptors (Lipinski definition) is 5. The van der Waals surface area contributed by atoms with Gasteiger partial charge in [0.2, 0.25) is 5.91 Å². The van der Waals surface area contributed by atoms with Crippen LogP contribution < -0.4 is 5.32 Å². The molecule has 1 amide bonds. The predicted octanol–water partition coefficient (Wildman–Crippen LogP) is 14.9. The molecule has 6 nitrogen and oxygen atoms in total. The zero-order valence-electron chi connectivity index (χ0n) is 38.7. The van der Waals surface area contributed by atoms with Crippen LogP contribution in [0.25, 0.3) is 0 Å². The first-order valence-corrected chi connectivity index (χ1v) is 25.2. The average molecular weight is 816 g/mol. The van der Waals surface area contributed by atoms with Gasteiger partial charge in [-0.2, -0.15) is 0 Å². The number of ether oxygens (including phenoxy) is 1. The first-order chi connectivity index (χ1) is 28.5. The van der Waals surface area contributed by atoms with Gasteiger partial charge in [0.1, 0.15) is 6.10 Å². The molecule has 0 fully saturated rings. The van der Waals surface area contributed by atoms with Crippen LogP contribution in [0.5, 0.6) is 0 Å². The Morgan fingerprint density at radius 3 is 1.38 bits per heavy atom. The van der Waals surface area contributed by atoms with Crippen molar-refractivity contribution < 1.29 is 24.5 Å². The Balaban J connectivity index is 4.54. The summed E-state index contributed by atoms with van der Waals surface area (Å²) < 4.78 is 5.86. The van der Waals surface area contributed by atoms with E-state index in [0.717, 1.165) is 64.2 Å². The molecule has 0 aromatic heterocycles. The molecule has 0 saturated carbocycles. The summed E-state index contributed by atoms with van der Waals surface area (Å²) in [5, 5.41) is 23.7. The summed E-state index contributed by atoms with van der Waals surface area (Å²) in [5.41, 5.74) is 0. The molecule has 0 bridgehead atoms. The van der Waals surface area contributed by atoms with E-state index in [4.69, 9.17) is 4.74 Å². The first kappa shape index (κ1) is 56.1. The van der Waals surface area contributed by atoms with E-state index < -0.39 is 18.2 Å². The van der Waals surface area contributed by atoms with Crippen molar-refractivity contribution in [2.75, 3.05) is 6.61 Å². The molecule has 0 radical (unpaired) electrons. The predicted molar refractivity (Wildman–Crippen MR) is 250 cm³/mol. The Morgan fingerprint density at radius 1 is 0.500 bits per heavy atom. The number of aliphatic hydroxyl groups is 2. The molecule has 0 rings (SSSR count). The van der Waals surface area contributed by atoms with Crippen LogP contribution in [0.1, 0.15) is 258 Å². The fraction of sp³-hybridized carbons (Fsp3) is 0.846. The van der Waals surface area contributed by atoms with Crippen LogP contribution in [0, 0.1) is 0 Å². The van der Waals surface area contributed by atoms with Crippen LogP contribution in [-0.2, 0) is 14.3 Å². The Bertz CT molecular complexity index is 961. The van der Waals surface area contributed by atoms with Crippen LogP contribution in [-0.4, -0.2) is 46.9 Å². The van der Waals surface area contributed by atoms with E-state index in [0.29, 0.717) is 19.3 Å². The number of rotatable bonds is 45. The van der Waals surface area contributed by atoms with Gasteiger partial charge in [-0.1, -0.05) is 211 Å². The molecular weight excluding hydrogens is 719 g/mol. The van der Waals surface area contributed by atoms with Crippen molar-refractivity contribution >= 4 is 11.9 Å². The zero-order chi connectivity index (χ0) is 42.4. The summed E-state index contributed by atoms with van der Waals surface area (Å²) >= 11 is 0. The lowest BCUT2D eigenvalue weighted by molar-refractivity contribution is -0.150. The Labute approximate surface area is 360 Å². The highest BCUT2D eigenvalue weighted by atomic mass is 16.5. The first-order valence-electron chi connectivity index (χ1n) is 25.2. The molecule has 3 N–H and O–H groups in total. The number of carbonyl (C=O) groups is 2. The van der Waals surface area contributed by atoms with Crippen LogP contribution in [0.2, 0.25) is 0 Å². The molecule has 0 saturated heterocycles. The second-order valence-corrected chi connectivity index (χ2v) is 17.2. The summed E-state index contributed by atoms with van der Waals surface area (Å²) in [4.78, 5) is 26.0. The molecule has 0 aromatic carbocycles. The number of unbranched alkanes of at least 4 members (excludes halogenated alkanes) is 27. The van der Waals surface area contributed by atoms with Gasteiger partial charge in [0.05, 0.1) is 25.2 Å². The third-order valence-electron chi connectivity index (χ3n) is 11.5. The molecule has 58 heavy (non-hydrogen) atoms. The molecule has 340 valence electrons. The van der Waals surface area contributed by atoms with Gasteiger partial charge in [0, 0.05) is 6.42 Å². The highest BCUT2D eigenvalue weighted by Crippen LogP contribution is 2.17. The maximum atomic E-state index is 13.1. The standard InChI is InChI=1S/C52H97NO5/c1-4-7-10-13-16-19-22-24-25-26-28-29-32-35-38-41-44-50(55)49(47-54)53-51(56)46-48(43-40-37-34-31-21-18-15-12-9-6-3)58-52(57)45-42-39-36-33-30-27-23-20-17-14-11-8-5-2/h18,21,27,30,36,39,48-50,54-55H,4-17,19-20,22-26,28-29,31-35,37-38,40-47H2,1-3H3,(H,53,56)/b21-18-,30-27-,39-36+. The normalized spacial score (nSPS) is 13.5. The lowest BCUT2D eigenvalue weighted by Gasteiger charge is -2.24. The SMILES string of the molecule is CCCCC/C=C\CCCCCC(CC(=O)NC(CO)C(O)CCCCCCCCCCCCCCCCCC)OC(=O)CC/C=C/C/C=C\CCCCCCCC. The monoisotopic (exact) mass is 816 g/mol. The van der Waals surface area contributed by atoms with E-state index in [1.165, 1.54) is 141 Å². The molecule has 0 heterocycles. The van der Waals surface area contributed by atoms with Crippen molar-refractivity contribution in [1.82, 2.24) is 5.32 Å². The fourth-order valence-electron chi connectivity index (χ4n) is 7.60. The van der Waals surface area contributed by atoms with Gasteiger partial charge in [0.15, 0.2) is 0 Å². The summed E-state index contributed by atoms with van der Waals surface area (Å²) in [6, 6.07) is -0.714. The molecule has 6 heteroatoms. The molecule has 0 aliphatic rings. The average Bonchev–Trinajstić information content (AvgIpc) is 3.22. The number of esters is 1. The van der Waals surface area contributed by atoms with E-state index in [9.17, 15) is 19.8 Å². The Kier molecular flexibility index (Phi) is 44.6. The van der Waals surface area contributed by atoms with Crippen molar-refractivity contribution in [3.8, 4) is 0 Å². The van der Waals surface area contributed by atoms with Gasteiger partial charge in [-0.15, -0.1) is 0 Å². The molecular formula is C52H97NO5.